The fraction of sp³-hybridized carbons (Fsp3) is 0.529. The van der Waals surface area contributed by atoms with Gasteiger partial charge in [0.15, 0.2) is 18.1 Å². The van der Waals surface area contributed by atoms with Gasteiger partial charge in [0.05, 0.1) is 5.54 Å². The zero-order valence-electron chi connectivity index (χ0n) is 14.5. The highest BCUT2D eigenvalue weighted by Crippen LogP contribution is 2.46. The third-order valence-electron chi connectivity index (χ3n) is 4.55. The molecular formula is C17H23N3O5. The second-order valence-corrected chi connectivity index (χ2v) is 6.82. The molecule has 136 valence electrons. The van der Waals surface area contributed by atoms with E-state index in [1.807, 2.05) is 12.1 Å². The second kappa shape index (κ2) is 7.60. The topological polar surface area (TPSA) is 117 Å². The monoisotopic (exact) mass is 349 g/mol. The lowest BCUT2D eigenvalue weighted by Gasteiger charge is -2.46. The van der Waals surface area contributed by atoms with Crippen molar-refractivity contribution in [2.24, 2.45) is 22.9 Å². The summed E-state index contributed by atoms with van der Waals surface area (Å²) in [6.45, 7) is 6.00. The number of benzene rings is 1. The maximum absolute atomic E-state index is 10.7. The summed E-state index contributed by atoms with van der Waals surface area (Å²) in [6, 6.07) is 7.08. The summed E-state index contributed by atoms with van der Waals surface area (Å²) in [6.07, 6.45) is 1.92. The van der Waals surface area contributed by atoms with Crippen LogP contribution in [0.25, 0.3) is 0 Å². The maximum atomic E-state index is 10.7. The van der Waals surface area contributed by atoms with E-state index in [-0.39, 0.29) is 12.5 Å². The molecule has 3 unspecified atom stereocenters. The van der Waals surface area contributed by atoms with Crippen LogP contribution in [0.15, 0.2) is 41.3 Å². The molecule has 1 aromatic carbocycles. The molecule has 3 atom stereocenters. The molecule has 0 heterocycles. The van der Waals surface area contributed by atoms with Gasteiger partial charge < -0.3 is 15.4 Å². The van der Waals surface area contributed by atoms with Crippen LogP contribution in [-0.2, 0) is 15.2 Å². The van der Waals surface area contributed by atoms with Crippen LogP contribution < -0.4 is 5.73 Å². The van der Waals surface area contributed by atoms with Crippen molar-refractivity contribution in [3.63, 3.8) is 0 Å². The molecule has 1 aliphatic carbocycles. The van der Waals surface area contributed by atoms with Gasteiger partial charge in [-0.15, -0.1) is 15.0 Å². The number of nitrogens with two attached hydrogens (primary N) is 1. The molecule has 0 aromatic heterocycles. The molecule has 0 radical (unpaired) electrons. The first-order valence-electron chi connectivity index (χ1n) is 8.12. The van der Waals surface area contributed by atoms with Crippen LogP contribution in [0, 0.1) is 26.9 Å². The van der Waals surface area contributed by atoms with Gasteiger partial charge in [0.2, 0.25) is 0 Å². The molecule has 0 fully saturated rings. The smallest absolute Gasteiger partial charge is 0.295 e. The van der Waals surface area contributed by atoms with Crippen molar-refractivity contribution in [2.45, 2.75) is 38.8 Å². The van der Waals surface area contributed by atoms with Gasteiger partial charge in [-0.1, -0.05) is 49.8 Å². The Morgan fingerprint density at radius 1 is 1.44 bits per heavy atom. The largest absolute Gasteiger partial charge is 0.361 e. The Bertz CT molecular complexity index is 676. The summed E-state index contributed by atoms with van der Waals surface area (Å²) in [4.78, 5) is 29.9. The van der Waals surface area contributed by atoms with Gasteiger partial charge in [0.25, 0.3) is 5.09 Å². The van der Waals surface area contributed by atoms with Gasteiger partial charge in [-0.3, -0.25) is 0 Å². The Morgan fingerprint density at radius 2 is 2.16 bits per heavy atom. The molecular weight excluding hydrogens is 326 g/mol. The predicted octanol–water partition coefficient (Wildman–Crippen LogP) is 3.41. The Balaban J connectivity index is 2.30. The quantitative estimate of drug-likeness (QED) is 0.316. The molecule has 2 N–H and O–H groups in total. The molecule has 8 heteroatoms. The third kappa shape index (κ3) is 4.14. The summed E-state index contributed by atoms with van der Waals surface area (Å²) >= 11 is 0. The molecule has 25 heavy (non-hydrogen) atoms. The first-order valence-corrected chi connectivity index (χ1v) is 8.12. The van der Waals surface area contributed by atoms with E-state index in [2.05, 4.69) is 35.8 Å². The number of hydrogen-bond donors (Lipinski definition) is 1. The first-order chi connectivity index (χ1) is 11.8. The van der Waals surface area contributed by atoms with Crippen molar-refractivity contribution in [3.05, 3.63) is 62.1 Å². The highest BCUT2D eigenvalue weighted by atomic mass is 17.0. The van der Waals surface area contributed by atoms with E-state index >= 15 is 0 Å². The van der Waals surface area contributed by atoms with Gasteiger partial charge in [-0.05, 0) is 30.4 Å². The highest BCUT2D eigenvalue weighted by Gasteiger charge is 2.43. The number of nitrogens with zero attached hydrogens (tertiary/aromatic N) is 2. The van der Waals surface area contributed by atoms with Crippen LogP contribution in [0.5, 0.6) is 0 Å². The molecule has 0 bridgehead atoms. The Kier molecular flexibility index (Phi) is 5.73. The van der Waals surface area contributed by atoms with E-state index in [1.165, 1.54) is 5.57 Å². The van der Waals surface area contributed by atoms with Gasteiger partial charge in [0, 0.05) is 5.92 Å². The van der Waals surface area contributed by atoms with E-state index in [1.54, 1.807) is 18.2 Å². The van der Waals surface area contributed by atoms with Gasteiger partial charge in [-0.2, -0.15) is 0 Å². The van der Waals surface area contributed by atoms with Crippen LogP contribution in [0.2, 0.25) is 0 Å². The summed E-state index contributed by atoms with van der Waals surface area (Å²) in [5.41, 5.74) is 8.60. The van der Waals surface area contributed by atoms with E-state index < -0.39 is 16.7 Å². The van der Waals surface area contributed by atoms with Crippen molar-refractivity contribution < 1.29 is 14.8 Å². The normalized spacial score (nSPS) is 23.4. The van der Waals surface area contributed by atoms with Gasteiger partial charge in [-0.25, -0.2) is 0 Å². The molecule has 0 saturated carbocycles. The minimum absolute atomic E-state index is 0.213. The van der Waals surface area contributed by atoms with Crippen molar-refractivity contribution in [3.8, 4) is 0 Å². The van der Waals surface area contributed by atoms with E-state index in [0.29, 0.717) is 11.5 Å². The SMILES string of the molecule is CC1=CC(N)(c2cccc(C(CON=O)O[N+](=O)[O-])c2)C1CC(C)C. The minimum atomic E-state index is -1.05. The van der Waals surface area contributed by atoms with E-state index in [4.69, 9.17) is 5.73 Å². The maximum Gasteiger partial charge on any atom is 0.295 e. The molecule has 8 nitrogen and oxygen atoms in total. The standard InChI is InChI=1S/C17H23N3O5/c1-11(2)7-15-12(3)9-17(15,18)14-6-4-5-13(8-14)16(10-24-19-21)25-20(22)23/h4-6,8-9,11,15-16H,7,10,18H2,1-3H3. The molecule has 0 aliphatic heterocycles. The molecule has 0 saturated heterocycles. The minimum Gasteiger partial charge on any atom is -0.361 e. The van der Waals surface area contributed by atoms with Crippen molar-refractivity contribution in [2.75, 3.05) is 6.61 Å². The number of hydrogen-bond acceptors (Lipinski definition) is 7. The summed E-state index contributed by atoms with van der Waals surface area (Å²) in [5, 5.41) is 12.1. The molecule has 0 amide bonds. The van der Waals surface area contributed by atoms with Crippen molar-refractivity contribution in [1.29, 1.82) is 0 Å². The first kappa shape index (κ1) is 18.9. The molecule has 2 rings (SSSR count). The van der Waals surface area contributed by atoms with E-state index in [9.17, 15) is 15.0 Å². The number of rotatable bonds is 9. The summed E-state index contributed by atoms with van der Waals surface area (Å²) < 4.78 is 0. The Hall–Kier alpha value is -2.48. The lowest BCUT2D eigenvalue weighted by atomic mass is 9.63. The zero-order chi connectivity index (χ0) is 18.6. The van der Waals surface area contributed by atoms with Gasteiger partial charge >= 0.3 is 0 Å². The zero-order valence-corrected chi connectivity index (χ0v) is 14.5. The van der Waals surface area contributed by atoms with Crippen LogP contribution in [0.3, 0.4) is 0 Å². The third-order valence-corrected chi connectivity index (χ3v) is 4.55. The van der Waals surface area contributed by atoms with Crippen LogP contribution in [-0.4, -0.2) is 11.7 Å². The van der Waals surface area contributed by atoms with Crippen molar-refractivity contribution in [1.82, 2.24) is 0 Å². The van der Waals surface area contributed by atoms with E-state index in [0.717, 1.165) is 12.0 Å². The lowest BCUT2D eigenvalue weighted by molar-refractivity contribution is -0.771. The molecule has 0 spiro atoms. The van der Waals surface area contributed by atoms with Crippen LogP contribution in [0.1, 0.15) is 44.4 Å². The fourth-order valence-corrected chi connectivity index (χ4v) is 3.39. The predicted molar refractivity (Wildman–Crippen MR) is 91.6 cm³/mol. The Morgan fingerprint density at radius 3 is 2.72 bits per heavy atom. The average Bonchev–Trinajstić information content (AvgIpc) is 2.56. The molecule has 1 aromatic rings. The lowest BCUT2D eigenvalue weighted by Crippen LogP contribution is -2.50. The second-order valence-electron chi connectivity index (χ2n) is 6.82. The van der Waals surface area contributed by atoms with Crippen molar-refractivity contribution >= 4 is 0 Å². The average molecular weight is 349 g/mol. The van der Waals surface area contributed by atoms with Crippen LogP contribution >= 0.6 is 0 Å². The summed E-state index contributed by atoms with van der Waals surface area (Å²) in [5.74, 6) is 0.711. The summed E-state index contributed by atoms with van der Waals surface area (Å²) in [7, 11) is 0. The Labute approximate surface area is 146 Å². The molecule has 1 aliphatic rings. The highest BCUT2D eigenvalue weighted by molar-refractivity contribution is 5.43. The van der Waals surface area contributed by atoms with Gasteiger partial charge in [0.1, 0.15) is 0 Å². The van der Waals surface area contributed by atoms with Crippen LogP contribution in [0.4, 0.5) is 0 Å². The fourth-order valence-electron chi connectivity index (χ4n) is 3.39.